The van der Waals surface area contributed by atoms with E-state index < -0.39 is 74.2 Å². The van der Waals surface area contributed by atoms with E-state index in [1.165, 1.54) is 83.5 Å². The summed E-state index contributed by atoms with van der Waals surface area (Å²) < 4.78 is 11.0. The van der Waals surface area contributed by atoms with E-state index in [9.17, 15) is 40.5 Å². The van der Waals surface area contributed by atoms with Crippen molar-refractivity contribution in [2.75, 3.05) is 13.2 Å². The van der Waals surface area contributed by atoms with Gasteiger partial charge >= 0.3 is 0 Å². The first-order chi connectivity index (χ1) is 23.2. The first-order valence-corrected chi connectivity index (χ1v) is 19.4. The van der Waals surface area contributed by atoms with Crippen molar-refractivity contribution in [3.63, 3.8) is 0 Å². The maximum atomic E-state index is 13.0. The number of carbonyl (C=O) groups excluding carboxylic acids is 1. The molecule has 286 valence electrons. The highest BCUT2D eigenvalue weighted by Crippen LogP contribution is 2.23. The normalized spacial score (nSPS) is 23.9. The second kappa shape index (κ2) is 28.8. The average Bonchev–Trinajstić information content (AvgIpc) is 3.08. The largest absolute Gasteiger partial charge is 0.394 e. The molecule has 11 nitrogen and oxygen atoms in total. The Balaban J connectivity index is 2.56. The summed E-state index contributed by atoms with van der Waals surface area (Å²) in [5.74, 6) is -0.699. The molecular formula is C37H73NO10. The molecule has 9 unspecified atom stereocenters. The van der Waals surface area contributed by atoms with Gasteiger partial charge in [-0.3, -0.25) is 4.79 Å². The zero-order valence-electron chi connectivity index (χ0n) is 30.2. The Bertz CT molecular complexity index is 760. The molecule has 0 aromatic heterocycles. The Morgan fingerprint density at radius 2 is 1.08 bits per heavy atom. The van der Waals surface area contributed by atoms with Crippen molar-refractivity contribution in [1.82, 2.24) is 5.32 Å². The second-order valence-electron chi connectivity index (χ2n) is 14.0. The van der Waals surface area contributed by atoms with Gasteiger partial charge in [0, 0.05) is 0 Å². The number of aliphatic hydroxyl groups excluding tert-OH is 7. The van der Waals surface area contributed by atoms with Crippen LogP contribution in [0.25, 0.3) is 0 Å². The van der Waals surface area contributed by atoms with Gasteiger partial charge in [-0.2, -0.15) is 0 Å². The lowest BCUT2D eigenvalue weighted by Crippen LogP contribution is -2.60. The monoisotopic (exact) mass is 692 g/mol. The van der Waals surface area contributed by atoms with Crippen LogP contribution in [0.5, 0.6) is 0 Å². The van der Waals surface area contributed by atoms with Crippen LogP contribution in [0.3, 0.4) is 0 Å². The highest BCUT2D eigenvalue weighted by molar-refractivity contribution is 5.80. The maximum absolute atomic E-state index is 13.0. The maximum Gasteiger partial charge on any atom is 0.249 e. The number of carbonyl (C=O) groups is 1. The molecule has 1 amide bonds. The summed E-state index contributed by atoms with van der Waals surface area (Å²) >= 11 is 0. The van der Waals surface area contributed by atoms with Crippen LogP contribution in [0.1, 0.15) is 162 Å². The van der Waals surface area contributed by atoms with Crippen LogP contribution < -0.4 is 5.32 Å². The van der Waals surface area contributed by atoms with E-state index in [0.29, 0.717) is 19.3 Å². The van der Waals surface area contributed by atoms with Crippen molar-refractivity contribution < 1.29 is 50.0 Å². The number of rotatable bonds is 31. The van der Waals surface area contributed by atoms with Crippen LogP contribution in [0.2, 0.25) is 0 Å². The number of hydrogen-bond donors (Lipinski definition) is 8. The third-order valence-corrected chi connectivity index (χ3v) is 9.66. The molecule has 1 heterocycles. The van der Waals surface area contributed by atoms with Gasteiger partial charge in [-0.25, -0.2) is 0 Å². The van der Waals surface area contributed by atoms with Crippen molar-refractivity contribution >= 4 is 5.91 Å². The molecule has 1 aliphatic rings. The molecule has 8 N–H and O–H groups in total. The van der Waals surface area contributed by atoms with Crippen LogP contribution in [0, 0.1) is 0 Å². The van der Waals surface area contributed by atoms with Gasteiger partial charge in [0.25, 0.3) is 0 Å². The fourth-order valence-corrected chi connectivity index (χ4v) is 6.32. The molecule has 0 aromatic rings. The van der Waals surface area contributed by atoms with Gasteiger partial charge in [0.1, 0.15) is 36.6 Å². The number of hydrogen-bond acceptors (Lipinski definition) is 10. The fraction of sp³-hybridized carbons (Fsp3) is 0.973. The minimum atomic E-state index is -1.65. The molecule has 0 saturated carbocycles. The molecule has 0 spiro atoms. The van der Waals surface area contributed by atoms with Crippen molar-refractivity contribution in [2.24, 2.45) is 0 Å². The first-order valence-electron chi connectivity index (χ1n) is 19.4. The summed E-state index contributed by atoms with van der Waals surface area (Å²) in [5, 5.41) is 75.0. The second-order valence-corrected chi connectivity index (χ2v) is 14.0. The van der Waals surface area contributed by atoms with Crippen molar-refractivity contribution in [2.45, 2.75) is 217 Å². The lowest BCUT2D eigenvalue weighted by atomic mass is 9.98. The van der Waals surface area contributed by atoms with Crippen LogP contribution >= 0.6 is 0 Å². The van der Waals surface area contributed by atoms with Crippen LogP contribution in [-0.2, 0) is 14.3 Å². The molecule has 1 aliphatic heterocycles. The topological polar surface area (TPSA) is 189 Å². The van der Waals surface area contributed by atoms with Gasteiger partial charge in [0.15, 0.2) is 6.29 Å². The van der Waals surface area contributed by atoms with E-state index >= 15 is 0 Å². The summed E-state index contributed by atoms with van der Waals surface area (Å²) in [7, 11) is 0. The van der Waals surface area contributed by atoms with Gasteiger partial charge in [-0.05, 0) is 12.8 Å². The van der Waals surface area contributed by atoms with E-state index in [2.05, 4.69) is 19.2 Å². The SMILES string of the molecule is CCCCCCCCCCCCCCC(O)C(=O)NC(COC1OC(CO)C(O)C(O)C1O)C(O)C(O)CCCCCCCCCCC. The van der Waals surface area contributed by atoms with Crippen LogP contribution in [-0.4, -0.2) is 110 Å². The molecule has 0 bridgehead atoms. The minimum absolute atomic E-state index is 0.265. The lowest BCUT2D eigenvalue weighted by molar-refractivity contribution is -0.303. The zero-order chi connectivity index (χ0) is 35.6. The molecule has 1 fully saturated rings. The van der Waals surface area contributed by atoms with Crippen molar-refractivity contribution in [1.29, 1.82) is 0 Å². The number of aliphatic hydroxyl groups is 7. The van der Waals surface area contributed by atoms with E-state index in [1.54, 1.807) is 0 Å². The molecule has 1 saturated heterocycles. The highest BCUT2D eigenvalue weighted by Gasteiger charge is 2.44. The quantitative estimate of drug-likeness (QED) is 0.0485. The predicted molar refractivity (Wildman–Crippen MR) is 187 cm³/mol. The Morgan fingerprint density at radius 3 is 1.54 bits per heavy atom. The Labute approximate surface area is 290 Å². The predicted octanol–water partition coefficient (Wildman–Crippen LogP) is 4.38. The average molecular weight is 692 g/mol. The molecular weight excluding hydrogens is 618 g/mol. The smallest absolute Gasteiger partial charge is 0.249 e. The standard InChI is InChI=1S/C37H73NO10/c1-3-5-7-9-11-13-14-15-17-19-21-23-25-30(41)36(46)38-28(27-47-37-35(45)34(44)33(43)31(26-39)48-37)32(42)29(40)24-22-20-18-16-12-10-8-6-4-2/h28-35,37,39-45H,3-27H2,1-2H3,(H,38,46). The number of nitrogens with one attached hydrogen (secondary N) is 1. The highest BCUT2D eigenvalue weighted by atomic mass is 16.7. The molecule has 1 rings (SSSR count). The lowest BCUT2D eigenvalue weighted by Gasteiger charge is -2.40. The number of ether oxygens (including phenoxy) is 2. The van der Waals surface area contributed by atoms with E-state index in [1.807, 2.05) is 0 Å². The minimum Gasteiger partial charge on any atom is -0.394 e. The van der Waals surface area contributed by atoms with Crippen molar-refractivity contribution in [3.05, 3.63) is 0 Å². The van der Waals surface area contributed by atoms with Gasteiger partial charge in [0.05, 0.1) is 25.4 Å². The molecule has 0 aliphatic carbocycles. The third-order valence-electron chi connectivity index (χ3n) is 9.66. The molecule has 0 aromatic carbocycles. The summed E-state index contributed by atoms with van der Waals surface area (Å²) in [5.41, 5.74) is 0. The molecule has 48 heavy (non-hydrogen) atoms. The zero-order valence-corrected chi connectivity index (χ0v) is 30.2. The van der Waals surface area contributed by atoms with Gasteiger partial charge in [-0.1, -0.05) is 149 Å². The van der Waals surface area contributed by atoms with Gasteiger partial charge in [0.2, 0.25) is 5.91 Å². The Morgan fingerprint density at radius 1 is 0.646 bits per heavy atom. The van der Waals surface area contributed by atoms with Crippen LogP contribution in [0.4, 0.5) is 0 Å². The molecule has 0 radical (unpaired) electrons. The fourth-order valence-electron chi connectivity index (χ4n) is 6.32. The Hall–Kier alpha value is -0.890. The number of amides is 1. The summed E-state index contributed by atoms with van der Waals surface area (Å²) in [6, 6.07) is -1.16. The Kier molecular flexibility index (Phi) is 27.0. The summed E-state index contributed by atoms with van der Waals surface area (Å²) in [6.45, 7) is 3.37. The number of unbranched alkanes of at least 4 members (excludes halogenated alkanes) is 19. The van der Waals surface area contributed by atoms with Crippen LogP contribution in [0.15, 0.2) is 0 Å². The van der Waals surface area contributed by atoms with E-state index in [-0.39, 0.29) is 6.42 Å². The van der Waals surface area contributed by atoms with E-state index in [4.69, 9.17) is 9.47 Å². The summed E-state index contributed by atoms with van der Waals surface area (Å²) in [6.07, 6.45) is 13.1. The summed E-state index contributed by atoms with van der Waals surface area (Å²) in [4.78, 5) is 13.0. The van der Waals surface area contributed by atoms with E-state index in [0.717, 1.165) is 38.5 Å². The third kappa shape index (κ3) is 19.5. The van der Waals surface area contributed by atoms with Crippen molar-refractivity contribution in [3.8, 4) is 0 Å². The molecule has 11 heteroatoms. The first kappa shape index (κ1) is 45.1. The molecule has 9 atom stereocenters. The van der Waals surface area contributed by atoms with Gasteiger partial charge in [-0.15, -0.1) is 0 Å². The van der Waals surface area contributed by atoms with Gasteiger partial charge < -0.3 is 50.5 Å².